The zero-order valence-corrected chi connectivity index (χ0v) is 18.8. The van der Waals surface area contributed by atoms with E-state index >= 15 is 0 Å². The predicted octanol–water partition coefficient (Wildman–Crippen LogP) is 4.01. The number of Topliss-reactive ketones (excluding diaryl/α,β-unsaturated/α-hetero) is 1. The SMILES string of the molecule is O=C(NC(C(=O)Nc1cccc2c1C(=O)CCC2)n1nnc2ccccc21)OCc1ccccc1. The average molecular weight is 470 g/mol. The second-order valence-electron chi connectivity index (χ2n) is 8.24. The fraction of sp³-hybridized carbons (Fsp3) is 0.192. The van der Waals surface area contributed by atoms with Gasteiger partial charge in [0.25, 0.3) is 5.91 Å². The number of fused-ring (bicyclic) bond motifs is 2. The minimum absolute atomic E-state index is 0.0138. The molecule has 1 aliphatic carbocycles. The molecule has 1 aromatic heterocycles. The number of hydrogen-bond acceptors (Lipinski definition) is 6. The van der Waals surface area contributed by atoms with Gasteiger partial charge in [-0.15, -0.1) is 5.10 Å². The molecule has 2 amide bonds. The highest BCUT2D eigenvalue weighted by Gasteiger charge is 2.29. The lowest BCUT2D eigenvalue weighted by Gasteiger charge is -2.22. The van der Waals surface area contributed by atoms with Gasteiger partial charge in [-0.1, -0.05) is 59.8 Å². The Labute approximate surface area is 201 Å². The van der Waals surface area contributed by atoms with E-state index in [-0.39, 0.29) is 12.4 Å². The minimum Gasteiger partial charge on any atom is -0.445 e. The molecule has 1 unspecified atom stereocenters. The van der Waals surface area contributed by atoms with Crippen molar-refractivity contribution >= 4 is 34.5 Å². The van der Waals surface area contributed by atoms with E-state index in [1.54, 1.807) is 36.4 Å². The number of ketones is 1. The van der Waals surface area contributed by atoms with Crippen molar-refractivity contribution < 1.29 is 19.1 Å². The van der Waals surface area contributed by atoms with Crippen LogP contribution in [-0.4, -0.2) is 32.8 Å². The third kappa shape index (κ3) is 4.74. The maximum absolute atomic E-state index is 13.5. The van der Waals surface area contributed by atoms with Gasteiger partial charge in [0.15, 0.2) is 5.78 Å². The number of hydrogen-bond donors (Lipinski definition) is 2. The highest BCUT2D eigenvalue weighted by atomic mass is 16.5. The van der Waals surface area contributed by atoms with Gasteiger partial charge < -0.3 is 10.1 Å². The lowest BCUT2D eigenvalue weighted by atomic mass is 9.89. The molecule has 9 nitrogen and oxygen atoms in total. The Morgan fingerprint density at radius 2 is 1.77 bits per heavy atom. The van der Waals surface area contributed by atoms with Crippen LogP contribution in [0.25, 0.3) is 11.0 Å². The number of anilines is 1. The summed E-state index contributed by atoms with van der Waals surface area (Å²) in [4.78, 5) is 38.7. The largest absolute Gasteiger partial charge is 0.445 e. The van der Waals surface area contributed by atoms with Crippen molar-refractivity contribution in [3.05, 3.63) is 89.5 Å². The zero-order valence-electron chi connectivity index (χ0n) is 18.8. The molecule has 35 heavy (non-hydrogen) atoms. The zero-order chi connectivity index (χ0) is 24.2. The minimum atomic E-state index is -1.26. The number of nitrogens with one attached hydrogen (secondary N) is 2. The number of aryl methyl sites for hydroxylation is 1. The second kappa shape index (κ2) is 9.76. The van der Waals surface area contributed by atoms with Gasteiger partial charge in [0.05, 0.1) is 11.2 Å². The molecule has 0 saturated carbocycles. The van der Waals surface area contributed by atoms with E-state index < -0.39 is 18.2 Å². The molecule has 0 aliphatic heterocycles. The standard InChI is InChI=1S/C26H23N5O4/c32-22-15-7-11-18-10-6-13-20(23(18)22)27-25(33)24(31-21-14-5-4-12-19(21)29-30-31)28-26(34)35-16-17-8-2-1-3-9-17/h1-6,8-10,12-14,24H,7,11,15-16H2,(H,27,33)(H,28,34). The lowest BCUT2D eigenvalue weighted by molar-refractivity contribution is -0.120. The third-order valence-electron chi connectivity index (χ3n) is 5.88. The first kappa shape index (κ1) is 22.3. The van der Waals surface area contributed by atoms with Gasteiger partial charge in [0.2, 0.25) is 6.17 Å². The normalized spacial score (nSPS) is 13.7. The highest BCUT2D eigenvalue weighted by molar-refractivity contribution is 6.07. The molecular formula is C26H23N5O4. The molecule has 3 aromatic carbocycles. The molecule has 5 rings (SSSR count). The first-order valence-electron chi connectivity index (χ1n) is 11.3. The molecule has 0 saturated heterocycles. The Balaban J connectivity index is 1.42. The van der Waals surface area contributed by atoms with Crippen LogP contribution in [0, 0.1) is 0 Å². The maximum Gasteiger partial charge on any atom is 0.409 e. The van der Waals surface area contributed by atoms with E-state index in [4.69, 9.17) is 4.74 Å². The summed E-state index contributed by atoms with van der Waals surface area (Å²) in [6.07, 6.45) is -0.0708. The van der Waals surface area contributed by atoms with E-state index in [1.165, 1.54) is 4.68 Å². The van der Waals surface area contributed by atoms with Crippen LogP contribution < -0.4 is 10.6 Å². The molecule has 0 bridgehead atoms. The summed E-state index contributed by atoms with van der Waals surface area (Å²) in [5.74, 6) is -0.593. The Morgan fingerprint density at radius 3 is 2.63 bits per heavy atom. The number of alkyl carbamates (subject to hydrolysis) is 1. The quantitative estimate of drug-likeness (QED) is 0.441. The first-order chi connectivity index (χ1) is 17.1. The van der Waals surface area contributed by atoms with Crippen LogP contribution in [0.15, 0.2) is 72.8 Å². The van der Waals surface area contributed by atoms with Gasteiger partial charge in [-0.2, -0.15) is 0 Å². The highest BCUT2D eigenvalue weighted by Crippen LogP contribution is 2.28. The van der Waals surface area contributed by atoms with Gasteiger partial charge in [-0.3, -0.25) is 14.9 Å². The van der Waals surface area contributed by atoms with E-state index in [1.807, 2.05) is 36.4 Å². The lowest BCUT2D eigenvalue weighted by Crippen LogP contribution is -2.41. The topological polar surface area (TPSA) is 115 Å². The van der Waals surface area contributed by atoms with Crippen molar-refractivity contribution in [1.82, 2.24) is 20.3 Å². The number of ether oxygens (including phenoxy) is 1. The number of rotatable bonds is 6. The fourth-order valence-electron chi connectivity index (χ4n) is 4.20. The van der Waals surface area contributed by atoms with Crippen molar-refractivity contribution in [1.29, 1.82) is 0 Å². The molecule has 1 heterocycles. The van der Waals surface area contributed by atoms with E-state index in [0.29, 0.717) is 28.7 Å². The molecular weight excluding hydrogens is 446 g/mol. The Hall–Kier alpha value is -4.53. The van der Waals surface area contributed by atoms with Crippen molar-refractivity contribution in [3.8, 4) is 0 Å². The molecule has 1 aliphatic rings. The Morgan fingerprint density at radius 1 is 0.971 bits per heavy atom. The van der Waals surface area contributed by atoms with Gasteiger partial charge in [-0.05, 0) is 42.2 Å². The molecule has 0 radical (unpaired) electrons. The maximum atomic E-state index is 13.5. The predicted molar refractivity (Wildman–Crippen MR) is 129 cm³/mol. The average Bonchev–Trinajstić information content (AvgIpc) is 3.31. The van der Waals surface area contributed by atoms with E-state index in [9.17, 15) is 14.4 Å². The van der Waals surface area contributed by atoms with Crippen LogP contribution in [-0.2, 0) is 22.6 Å². The number of carbonyl (C=O) groups is 3. The van der Waals surface area contributed by atoms with Crippen LogP contribution in [0.4, 0.5) is 10.5 Å². The summed E-state index contributed by atoms with van der Waals surface area (Å²) in [5, 5.41) is 13.6. The van der Waals surface area contributed by atoms with Crippen LogP contribution in [0.1, 0.15) is 40.5 Å². The number of para-hydroxylation sites is 1. The molecule has 2 N–H and O–H groups in total. The van der Waals surface area contributed by atoms with E-state index in [2.05, 4.69) is 20.9 Å². The van der Waals surface area contributed by atoms with Crippen LogP contribution in [0.5, 0.6) is 0 Å². The third-order valence-corrected chi connectivity index (χ3v) is 5.88. The van der Waals surface area contributed by atoms with Gasteiger partial charge >= 0.3 is 6.09 Å². The number of carbonyl (C=O) groups excluding carboxylic acids is 3. The summed E-state index contributed by atoms with van der Waals surface area (Å²) >= 11 is 0. The summed E-state index contributed by atoms with van der Waals surface area (Å²) in [7, 11) is 0. The van der Waals surface area contributed by atoms with Crippen molar-refractivity contribution in [3.63, 3.8) is 0 Å². The summed E-state index contributed by atoms with van der Waals surface area (Å²) in [5.41, 5.74) is 3.76. The number of benzene rings is 3. The van der Waals surface area contributed by atoms with Crippen LogP contribution in [0.3, 0.4) is 0 Å². The molecule has 176 valence electrons. The molecule has 9 heteroatoms. The van der Waals surface area contributed by atoms with Crippen LogP contribution >= 0.6 is 0 Å². The number of amides is 2. The monoisotopic (exact) mass is 469 g/mol. The summed E-state index contributed by atoms with van der Waals surface area (Å²) in [6, 6.07) is 21.7. The Kier molecular flexibility index (Phi) is 6.21. The number of nitrogens with zero attached hydrogens (tertiary/aromatic N) is 3. The number of aromatic nitrogens is 3. The van der Waals surface area contributed by atoms with E-state index in [0.717, 1.165) is 24.0 Å². The molecule has 0 spiro atoms. The molecule has 0 fully saturated rings. The molecule has 4 aromatic rings. The van der Waals surface area contributed by atoms with Crippen molar-refractivity contribution in [2.75, 3.05) is 5.32 Å². The Bertz CT molecular complexity index is 1400. The van der Waals surface area contributed by atoms with Gasteiger partial charge in [0.1, 0.15) is 12.1 Å². The van der Waals surface area contributed by atoms with Gasteiger partial charge in [0, 0.05) is 12.0 Å². The first-order valence-corrected chi connectivity index (χ1v) is 11.3. The summed E-state index contributed by atoms with van der Waals surface area (Å²) < 4.78 is 6.66. The summed E-state index contributed by atoms with van der Waals surface area (Å²) in [6.45, 7) is 0.0415. The molecule has 1 atom stereocenters. The smallest absolute Gasteiger partial charge is 0.409 e. The van der Waals surface area contributed by atoms with Crippen LogP contribution in [0.2, 0.25) is 0 Å². The van der Waals surface area contributed by atoms with Crippen molar-refractivity contribution in [2.24, 2.45) is 0 Å². The second-order valence-corrected chi connectivity index (χ2v) is 8.24. The fourth-order valence-corrected chi connectivity index (χ4v) is 4.20. The van der Waals surface area contributed by atoms with Gasteiger partial charge in [-0.25, -0.2) is 9.48 Å². The van der Waals surface area contributed by atoms with Crippen molar-refractivity contribution in [2.45, 2.75) is 32.0 Å².